The molecule has 1 aliphatic heterocycles. The molecule has 1 saturated heterocycles. The Bertz CT molecular complexity index is 682. The van der Waals surface area contributed by atoms with E-state index in [2.05, 4.69) is 29.2 Å². The summed E-state index contributed by atoms with van der Waals surface area (Å²) in [5.74, 6) is 0. The van der Waals surface area contributed by atoms with Gasteiger partial charge in [-0.25, -0.2) is 0 Å². The number of unbranched alkanes of at least 4 members (excludes halogenated alkanes) is 1. The van der Waals surface area contributed by atoms with Gasteiger partial charge in [0.1, 0.15) is 0 Å². The predicted molar refractivity (Wildman–Crippen MR) is 104 cm³/mol. The van der Waals surface area contributed by atoms with Gasteiger partial charge in [0.2, 0.25) is 0 Å². The molecule has 26 heavy (non-hydrogen) atoms. The number of aryl methyl sites for hydroxylation is 1. The van der Waals surface area contributed by atoms with Crippen molar-refractivity contribution in [3.63, 3.8) is 0 Å². The molecule has 3 heteroatoms. The van der Waals surface area contributed by atoms with Gasteiger partial charge >= 0.3 is 0 Å². The standard InChI is InChI=1S/C23H30N2O/c1(9-20-10-2-7-16-24-20)4-12-22(21-11-3-8-17-25-21)15-18-26-23(19-22)13-5-6-14-23/h2-3,7-8,10-11,16-17H,1,4-6,9,12-15,18-19H2/t22-/m1/s1. The highest BCUT2D eigenvalue weighted by Gasteiger charge is 2.48. The zero-order chi connectivity index (χ0) is 17.7. The Hall–Kier alpha value is -1.74. The molecule has 0 unspecified atom stereocenters. The fraction of sp³-hybridized carbons (Fsp3) is 0.565. The van der Waals surface area contributed by atoms with Gasteiger partial charge in [0.05, 0.1) is 5.60 Å². The average Bonchev–Trinajstić information content (AvgIpc) is 3.14. The van der Waals surface area contributed by atoms with Crippen LogP contribution in [0.15, 0.2) is 48.8 Å². The Morgan fingerprint density at radius 2 is 1.69 bits per heavy atom. The van der Waals surface area contributed by atoms with E-state index in [1.165, 1.54) is 56.3 Å². The first kappa shape index (κ1) is 17.7. The topological polar surface area (TPSA) is 35.0 Å². The quantitative estimate of drug-likeness (QED) is 0.667. The Morgan fingerprint density at radius 1 is 0.885 bits per heavy atom. The third-order valence-electron chi connectivity index (χ3n) is 6.44. The van der Waals surface area contributed by atoms with E-state index < -0.39 is 0 Å². The predicted octanol–water partition coefficient (Wildman–Crippen LogP) is 5.25. The molecule has 3 nitrogen and oxygen atoms in total. The fourth-order valence-corrected chi connectivity index (χ4v) is 5.11. The van der Waals surface area contributed by atoms with Crippen molar-refractivity contribution in [3.8, 4) is 0 Å². The van der Waals surface area contributed by atoms with Crippen molar-refractivity contribution < 1.29 is 4.74 Å². The Balaban J connectivity index is 1.46. The summed E-state index contributed by atoms with van der Waals surface area (Å²) in [6.07, 6.45) is 15.9. The number of pyridine rings is 2. The fourth-order valence-electron chi connectivity index (χ4n) is 5.11. The summed E-state index contributed by atoms with van der Waals surface area (Å²) < 4.78 is 6.34. The highest BCUT2D eigenvalue weighted by Crippen LogP contribution is 2.50. The third kappa shape index (κ3) is 3.83. The Labute approximate surface area is 157 Å². The van der Waals surface area contributed by atoms with E-state index in [1.54, 1.807) is 0 Å². The third-order valence-corrected chi connectivity index (χ3v) is 6.44. The summed E-state index contributed by atoms with van der Waals surface area (Å²) >= 11 is 0. The lowest BCUT2D eigenvalue weighted by atomic mass is 9.67. The van der Waals surface area contributed by atoms with E-state index in [4.69, 9.17) is 9.72 Å². The van der Waals surface area contributed by atoms with Crippen LogP contribution in [0.5, 0.6) is 0 Å². The zero-order valence-electron chi connectivity index (χ0n) is 15.7. The van der Waals surface area contributed by atoms with Crippen molar-refractivity contribution in [1.82, 2.24) is 9.97 Å². The lowest BCUT2D eigenvalue weighted by molar-refractivity contribution is -0.104. The SMILES string of the molecule is c1ccc(CCCC[C@@]2(c3ccccn3)CCOC3(CCCC3)C2)nc1. The summed E-state index contributed by atoms with van der Waals surface area (Å²) in [6, 6.07) is 12.6. The molecule has 138 valence electrons. The molecule has 4 rings (SSSR count). The second-order valence-electron chi connectivity index (χ2n) is 8.19. The number of hydrogen-bond donors (Lipinski definition) is 0. The van der Waals surface area contributed by atoms with Crippen LogP contribution in [0, 0.1) is 0 Å². The van der Waals surface area contributed by atoms with E-state index in [0.717, 1.165) is 25.9 Å². The first-order valence-electron chi connectivity index (χ1n) is 10.3. The highest BCUT2D eigenvalue weighted by molar-refractivity contribution is 5.20. The van der Waals surface area contributed by atoms with E-state index in [9.17, 15) is 0 Å². The first-order chi connectivity index (χ1) is 12.8. The molecular weight excluding hydrogens is 320 g/mol. The van der Waals surface area contributed by atoms with Gasteiger partial charge in [0.25, 0.3) is 0 Å². The average molecular weight is 351 g/mol. The van der Waals surface area contributed by atoms with Crippen LogP contribution in [0.1, 0.15) is 69.2 Å². The maximum absolute atomic E-state index is 6.34. The van der Waals surface area contributed by atoms with Crippen LogP contribution in [-0.2, 0) is 16.6 Å². The monoisotopic (exact) mass is 350 g/mol. The molecule has 0 bridgehead atoms. The number of nitrogens with zero attached hydrogens (tertiary/aromatic N) is 2. The van der Waals surface area contributed by atoms with Crippen LogP contribution >= 0.6 is 0 Å². The molecule has 1 atom stereocenters. The molecule has 0 aromatic carbocycles. The molecule has 3 heterocycles. The minimum absolute atomic E-state index is 0.122. The van der Waals surface area contributed by atoms with Gasteiger partial charge in [-0.1, -0.05) is 31.4 Å². The second-order valence-corrected chi connectivity index (χ2v) is 8.19. The Morgan fingerprint density at radius 3 is 2.42 bits per heavy atom. The number of hydrogen-bond acceptors (Lipinski definition) is 3. The lowest BCUT2D eigenvalue weighted by Crippen LogP contribution is -2.46. The van der Waals surface area contributed by atoms with Gasteiger partial charge in [0, 0.05) is 35.8 Å². The van der Waals surface area contributed by atoms with Crippen molar-refractivity contribution in [2.75, 3.05) is 6.61 Å². The number of aromatic nitrogens is 2. The van der Waals surface area contributed by atoms with Crippen molar-refractivity contribution >= 4 is 0 Å². The molecule has 1 spiro atoms. The molecule has 2 aromatic heterocycles. The molecule has 0 amide bonds. The van der Waals surface area contributed by atoms with E-state index in [-0.39, 0.29) is 11.0 Å². The van der Waals surface area contributed by atoms with Crippen LogP contribution in [0.3, 0.4) is 0 Å². The molecular formula is C23H30N2O. The van der Waals surface area contributed by atoms with Gasteiger partial charge in [-0.3, -0.25) is 9.97 Å². The maximum atomic E-state index is 6.34. The molecule has 2 aromatic rings. The van der Waals surface area contributed by atoms with Crippen molar-refractivity contribution in [2.45, 2.75) is 75.2 Å². The van der Waals surface area contributed by atoms with Crippen LogP contribution in [0.25, 0.3) is 0 Å². The van der Waals surface area contributed by atoms with Gasteiger partial charge in [-0.05, 0) is 69.2 Å². The highest BCUT2D eigenvalue weighted by atomic mass is 16.5. The summed E-state index contributed by atoms with van der Waals surface area (Å²) in [6.45, 7) is 0.886. The Kier molecular flexibility index (Phi) is 5.35. The van der Waals surface area contributed by atoms with E-state index >= 15 is 0 Å². The molecule has 1 saturated carbocycles. The van der Waals surface area contributed by atoms with Crippen molar-refractivity contribution in [3.05, 3.63) is 60.2 Å². The lowest BCUT2D eigenvalue weighted by Gasteiger charge is -2.46. The number of ether oxygens (including phenoxy) is 1. The first-order valence-corrected chi connectivity index (χ1v) is 10.3. The van der Waals surface area contributed by atoms with Crippen molar-refractivity contribution in [1.29, 1.82) is 0 Å². The zero-order valence-corrected chi connectivity index (χ0v) is 15.7. The van der Waals surface area contributed by atoms with E-state index in [1.807, 2.05) is 24.5 Å². The van der Waals surface area contributed by atoms with Crippen LogP contribution < -0.4 is 0 Å². The summed E-state index contributed by atoms with van der Waals surface area (Å²) in [5.41, 5.74) is 2.80. The minimum atomic E-state index is 0.122. The van der Waals surface area contributed by atoms with Gasteiger partial charge in [-0.2, -0.15) is 0 Å². The molecule has 1 aliphatic carbocycles. The van der Waals surface area contributed by atoms with Gasteiger partial charge < -0.3 is 4.74 Å². The maximum Gasteiger partial charge on any atom is 0.0691 e. The second kappa shape index (κ2) is 7.87. The van der Waals surface area contributed by atoms with E-state index in [0.29, 0.717) is 0 Å². The number of rotatable bonds is 6. The van der Waals surface area contributed by atoms with Crippen LogP contribution in [0.4, 0.5) is 0 Å². The summed E-state index contributed by atoms with van der Waals surface area (Å²) in [7, 11) is 0. The molecule has 0 radical (unpaired) electrons. The van der Waals surface area contributed by atoms with Crippen LogP contribution in [-0.4, -0.2) is 22.2 Å². The normalized spacial score (nSPS) is 24.8. The van der Waals surface area contributed by atoms with Crippen molar-refractivity contribution in [2.24, 2.45) is 0 Å². The minimum Gasteiger partial charge on any atom is -0.375 e. The smallest absolute Gasteiger partial charge is 0.0691 e. The van der Waals surface area contributed by atoms with Gasteiger partial charge in [0.15, 0.2) is 0 Å². The largest absolute Gasteiger partial charge is 0.375 e. The molecule has 2 aliphatic rings. The molecule has 0 N–H and O–H groups in total. The van der Waals surface area contributed by atoms with Gasteiger partial charge in [-0.15, -0.1) is 0 Å². The summed E-state index contributed by atoms with van der Waals surface area (Å²) in [5, 5.41) is 0. The summed E-state index contributed by atoms with van der Waals surface area (Å²) in [4.78, 5) is 9.26. The molecule has 2 fully saturated rings. The van der Waals surface area contributed by atoms with Crippen LogP contribution in [0.2, 0.25) is 0 Å².